The van der Waals surface area contributed by atoms with Crippen LogP contribution in [0, 0.1) is 34.9 Å². The van der Waals surface area contributed by atoms with Crippen molar-refractivity contribution in [3.63, 3.8) is 0 Å². The molecule has 0 aromatic heterocycles. The number of benzene rings is 2. The van der Waals surface area contributed by atoms with Gasteiger partial charge in [-0.05, 0) is 12.1 Å². The first-order chi connectivity index (χ1) is 9.68. The minimum atomic E-state index is -2.02. The van der Waals surface area contributed by atoms with Crippen molar-refractivity contribution < 1.29 is 41.7 Å². The Labute approximate surface area is 113 Å². The lowest BCUT2D eigenvalue weighted by atomic mass is 10.2. The average Bonchev–Trinajstić information content (AvgIpc) is 2.47. The molecule has 0 saturated carbocycles. The van der Waals surface area contributed by atoms with Crippen LogP contribution < -0.4 is 0 Å². The van der Waals surface area contributed by atoms with Gasteiger partial charge in [0.15, 0.2) is 28.9 Å². The normalized spacial score (nSPS) is 10.0. The van der Waals surface area contributed by atoms with Crippen molar-refractivity contribution in [3.8, 4) is 17.2 Å². The molecule has 2 aromatic carbocycles. The zero-order chi connectivity index (χ0) is 16.3. The highest BCUT2D eigenvalue weighted by atomic mass is 19.2. The molecule has 0 saturated heterocycles. The van der Waals surface area contributed by atoms with Crippen LogP contribution in [-0.4, -0.2) is 15.3 Å². The summed E-state index contributed by atoms with van der Waals surface area (Å²) in [6, 6.07) is 3.25. The van der Waals surface area contributed by atoms with Gasteiger partial charge in [-0.25, -0.2) is 4.39 Å². The predicted molar refractivity (Wildman–Crippen MR) is 57.6 cm³/mol. The van der Waals surface area contributed by atoms with Crippen LogP contribution in [0.1, 0.15) is 0 Å². The maximum atomic E-state index is 12.2. The summed E-state index contributed by atoms with van der Waals surface area (Å²) >= 11 is 0. The molecule has 114 valence electrons. The molecule has 3 N–H and O–H groups in total. The van der Waals surface area contributed by atoms with Crippen molar-refractivity contribution in [1.29, 1.82) is 0 Å². The first kappa shape index (κ1) is 16.5. The van der Waals surface area contributed by atoms with Gasteiger partial charge in [0.05, 0.1) is 0 Å². The minimum absolute atomic E-state index is 0.657. The third-order valence-electron chi connectivity index (χ3n) is 2.15. The van der Waals surface area contributed by atoms with Crippen LogP contribution in [-0.2, 0) is 0 Å². The Bertz CT molecular complexity index is 549. The first-order valence-corrected chi connectivity index (χ1v) is 5.05. The topological polar surface area (TPSA) is 60.7 Å². The molecule has 0 unspecified atom stereocenters. The fourth-order valence-corrected chi connectivity index (χ4v) is 1.10. The van der Waals surface area contributed by atoms with Crippen LogP contribution in [0.5, 0.6) is 17.2 Å². The van der Waals surface area contributed by atoms with Crippen molar-refractivity contribution in [2.45, 2.75) is 0 Å². The second kappa shape index (κ2) is 6.25. The van der Waals surface area contributed by atoms with Gasteiger partial charge in [0.2, 0.25) is 23.3 Å². The Kier molecular flexibility index (Phi) is 4.90. The lowest BCUT2D eigenvalue weighted by molar-refractivity contribution is 0.319. The van der Waals surface area contributed by atoms with E-state index in [1.54, 1.807) is 0 Å². The number of hydrogen-bond donors (Lipinski definition) is 3. The molecule has 0 fully saturated rings. The van der Waals surface area contributed by atoms with Gasteiger partial charge in [-0.15, -0.1) is 0 Å². The van der Waals surface area contributed by atoms with Crippen LogP contribution in [0.2, 0.25) is 0 Å². The maximum absolute atomic E-state index is 12.2. The molecule has 0 atom stereocenters. The van der Waals surface area contributed by atoms with E-state index in [2.05, 4.69) is 0 Å². The van der Waals surface area contributed by atoms with Gasteiger partial charge in [-0.3, -0.25) is 0 Å². The lowest BCUT2D eigenvalue weighted by Crippen LogP contribution is -1.94. The molecule has 2 rings (SSSR count). The number of hydrogen-bond acceptors (Lipinski definition) is 3. The van der Waals surface area contributed by atoms with Crippen LogP contribution in [0.4, 0.5) is 26.3 Å². The third-order valence-corrected chi connectivity index (χ3v) is 2.15. The standard InChI is InChI=1S/C6H2F4O2.C6H4F2O/c7-1-2(8)6(12)4(10)3(9)5(1)11;7-4-2-1-3-5(9)6(4)8/h11-12H;1-3,9H. The summed E-state index contributed by atoms with van der Waals surface area (Å²) in [5.41, 5.74) is 0. The van der Waals surface area contributed by atoms with Crippen molar-refractivity contribution in [3.05, 3.63) is 53.1 Å². The smallest absolute Gasteiger partial charge is 0.207 e. The van der Waals surface area contributed by atoms with E-state index >= 15 is 0 Å². The average molecular weight is 312 g/mol. The SMILES string of the molecule is Oc1c(F)c(F)c(O)c(F)c1F.Oc1cccc(F)c1F. The summed E-state index contributed by atoms with van der Waals surface area (Å²) in [4.78, 5) is 0. The van der Waals surface area contributed by atoms with E-state index in [9.17, 15) is 26.3 Å². The predicted octanol–water partition coefficient (Wildman–Crippen LogP) is 3.32. The third kappa shape index (κ3) is 3.30. The van der Waals surface area contributed by atoms with E-state index in [1.807, 2.05) is 0 Å². The van der Waals surface area contributed by atoms with Gasteiger partial charge in [0.25, 0.3) is 0 Å². The van der Waals surface area contributed by atoms with Crippen LogP contribution in [0.15, 0.2) is 18.2 Å². The highest BCUT2D eigenvalue weighted by Crippen LogP contribution is 2.32. The minimum Gasteiger partial charge on any atom is -0.505 e. The molecule has 0 aliphatic carbocycles. The van der Waals surface area contributed by atoms with Crippen LogP contribution in [0.3, 0.4) is 0 Å². The van der Waals surface area contributed by atoms with E-state index in [4.69, 9.17) is 15.3 Å². The van der Waals surface area contributed by atoms with Gasteiger partial charge in [0, 0.05) is 0 Å². The van der Waals surface area contributed by atoms with Crippen molar-refractivity contribution in [2.24, 2.45) is 0 Å². The number of phenols is 3. The molecule has 0 radical (unpaired) electrons. The molecule has 0 heterocycles. The zero-order valence-corrected chi connectivity index (χ0v) is 9.84. The second-order valence-electron chi connectivity index (χ2n) is 3.53. The molecule has 3 nitrogen and oxygen atoms in total. The molecule has 2 aromatic rings. The van der Waals surface area contributed by atoms with E-state index < -0.39 is 52.2 Å². The molecule has 0 aliphatic heterocycles. The van der Waals surface area contributed by atoms with Gasteiger partial charge in [-0.2, -0.15) is 22.0 Å². The molecule has 0 bridgehead atoms. The van der Waals surface area contributed by atoms with Crippen LogP contribution >= 0.6 is 0 Å². The number of halogens is 6. The molecule has 0 amide bonds. The van der Waals surface area contributed by atoms with Gasteiger partial charge < -0.3 is 15.3 Å². The van der Waals surface area contributed by atoms with Crippen molar-refractivity contribution in [1.82, 2.24) is 0 Å². The summed E-state index contributed by atoms with van der Waals surface area (Å²) in [5, 5.41) is 25.2. The molecule has 0 aliphatic rings. The largest absolute Gasteiger partial charge is 0.505 e. The fourth-order valence-electron chi connectivity index (χ4n) is 1.10. The Balaban J connectivity index is 0.000000219. The van der Waals surface area contributed by atoms with E-state index in [0.717, 1.165) is 12.1 Å². The Morgan fingerprint density at radius 1 is 0.571 bits per heavy atom. The maximum Gasteiger partial charge on any atom is 0.207 e. The number of phenolic OH excluding ortho intramolecular Hbond substituents is 3. The summed E-state index contributed by atoms with van der Waals surface area (Å²) in [7, 11) is 0. The summed E-state index contributed by atoms with van der Waals surface area (Å²) in [6.45, 7) is 0. The van der Waals surface area contributed by atoms with Gasteiger partial charge in [-0.1, -0.05) is 6.07 Å². The second-order valence-corrected chi connectivity index (χ2v) is 3.53. The van der Waals surface area contributed by atoms with E-state index in [-0.39, 0.29) is 0 Å². The number of rotatable bonds is 0. The Hall–Kier alpha value is -2.58. The molecule has 0 spiro atoms. The molecule has 21 heavy (non-hydrogen) atoms. The summed E-state index contributed by atoms with van der Waals surface area (Å²) in [6.07, 6.45) is 0. The Morgan fingerprint density at radius 2 is 0.952 bits per heavy atom. The Morgan fingerprint density at radius 3 is 1.24 bits per heavy atom. The van der Waals surface area contributed by atoms with E-state index in [0.29, 0.717) is 0 Å². The quantitative estimate of drug-likeness (QED) is 0.397. The van der Waals surface area contributed by atoms with Crippen molar-refractivity contribution in [2.75, 3.05) is 0 Å². The molecular formula is C12H6F6O3. The van der Waals surface area contributed by atoms with Gasteiger partial charge >= 0.3 is 0 Å². The molecule has 9 heteroatoms. The highest BCUT2D eigenvalue weighted by Gasteiger charge is 2.24. The summed E-state index contributed by atoms with van der Waals surface area (Å²) < 4.78 is 73.1. The first-order valence-electron chi connectivity index (χ1n) is 5.05. The van der Waals surface area contributed by atoms with E-state index in [1.165, 1.54) is 6.07 Å². The number of aromatic hydroxyl groups is 3. The van der Waals surface area contributed by atoms with Gasteiger partial charge in [0.1, 0.15) is 0 Å². The monoisotopic (exact) mass is 312 g/mol. The highest BCUT2D eigenvalue weighted by molar-refractivity contribution is 5.36. The fraction of sp³-hybridized carbons (Fsp3) is 0. The van der Waals surface area contributed by atoms with Crippen molar-refractivity contribution >= 4 is 0 Å². The van der Waals surface area contributed by atoms with Crippen LogP contribution in [0.25, 0.3) is 0 Å². The zero-order valence-electron chi connectivity index (χ0n) is 9.84. The molecular weight excluding hydrogens is 306 g/mol. The lowest BCUT2D eigenvalue weighted by Gasteiger charge is -2.02. The summed E-state index contributed by atoms with van der Waals surface area (Å²) in [5.74, 6) is -14.6.